The van der Waals surface area contributed by atoms with Crippen molar-refractivity contribution in [2.24, 2.45) is 0 Å². The fraction of sp³-hybridized carbons (Fsp3) is 0.267. The van der Waals surface area contributed by atoms with Crippen LogP contribution in [0.5, 0.6) is 5.88 Å². The van der Waals surface area contributed by atoms with Gasteiger partial charge in [0.2, 0.25) is 5.88 Å². The molecule has 5 nitrogen and oxygen atoms in total. The normalized spacial score (nSPS) is 10.5. The summed E-state index contributed by atoms with van der Waals surface area (Å²) < 4.78 is 5.61. The molecular formula is C15H16ClN3O2. The molecule has 0 spiro atoms. The summed E-state index contributed by atoms with van der Waals surface area (Å²) in [5, 5.41) is 3.16. The summed E-state index contributed by atoms with van der Waals surface area (Å²) >= 11 is 5.69. The van der Waals surface area contributed by atoms with E-state index in [1.165, 1.54) is 6.20 Å². The lowest BCUT2D eigenvalue weighted by Crippen LogP contribution is -2.23. The Hall–Kier alpha value is -2.14. The number of nitrogens with one attached hydrogen (secondary N) is 1. The molecule has 2 heterocycles. The molecule has 0 aromatic carbocycles. The molecule has 0 radical (unpaired) electrons. The molecule has 0 saturated carbocycles. The topological polar surface area (TPSA) is 64.1 Å². The van der Waals surface area contributed by atoms with Crippen LogP contribution in [-0.2, 0) is 6.54 Å². The van der Waals surface area contributed by atoms with E-state index in [4.69, 9.17) is 16.3 Å². The Bertz CT molecular complexity index is 615. The molecule has 0 aliphatic carbocycles. The first kappa shape index (κ1) is 15.3. The number of hydrogen-bond acceptors (Lipinski definition) is 4. The average molecular weight is 306 g/mol. The molecule has 21 heavy (non-hydrogen) atoms. The summed E-state index contributed by atoms with van der Waals surface area (Å²) in [6.45, 7) is 4.18. The second kappa shape index (κ2) is 7.04. The van der Waals surface area contributed by atoms with Gasteiger partial charge < -0.3 is 10.1 Å². The quantitative estimate of drug-likeness (QED) is 0.863. The van der Waals surface area contributed by atoms with Gasteiger partial charge in [-0.25, -0.2) is 9.97 Å². The lowest BCUT2D eigenvalue weighted by molar-refractivity contribution is 0.0950. The number of nitrogens with zero attached hydrogens (tertiary/aromatic N) is 2. The maximum Gasteiger partial charge on any atom is 0.253 e. The van der Waals surface area contributed by atoms with Gasteiger partial charge in [-0.05, 0) is 32.0 Å². The van der Waals surface area contributed by atoms with Crippen LogP contribution >= 0.6 is 11.6 Å². The molecule has 0 aliphatic rings. The van der Waals surface area contributed by atoms with Crippen LogP contribution in [0, 0.1) is 0 Å². The van der Waals surface area contributed by atoms with Crippen LogP contribution in [0.4, 0.5) is 0 Å². The van der Waals surface area contributed by atoms with Crippen molar-refractivity contribution >= 4 is 17.5 Å². The molecular weight excluding hydrogens is 290 g/mol. The minimum atomic E-state index is -0.224. The number of halogens is 1. The fourth-order valence-electron chi connectivity index (χ4n) is 1.68. The second-order valence-electron chi connectivity index (χ2n) is 4.69. The molecule has 0 bridgehead atoms. The molecule has 0 saturated heterocycles. The number of rotatable bonds is 5. The molecule has 2 aromatic rings. The molecule has 2 rings (SSSR count). The number of carbonyl (C=O) groups is 1. The Balaban J connectivity index is 2.02. The van der Waals surface area contributed by atoms with Gasteiger partial charge in [-0.3, -0.25) is 4.79 Å². The first-order valence-corrected chi connectivity index (χ1v) is 6.94. The predicted molar refractivity (Wildman–Crippen MR) is 80.4 cm³/mol. The number of hydrogen-bond donors (Lipinski definition) is 1. The monoisotopic (exact) mass is 305 g/mol. The summed E-state index contributed by atoms with van der Waals surface area (Å²) in [6, 6.07) is 6.87. The van der Waals surface area contributed by atoms with E-state index in [1.54, 1.807) is 24.4 Å². The Morgan fingerprint density at radius 1 is 1.33 bits per heavy atom. The van der Waals surface area contributed by atoms with E-state index in [9.17, 15) is 4.79 Å². The van der Waals surface area contributed by atoms with Gasteiger partial charge in [0.15, 0.2) is 0 Å². The van der Waals surface area contributed by atoms with E-state index in [0.717, 1.165) is 5.56 Å². The van der Waals surface area contributed by atoms with Crippen LogP contribution in [0.3, 0.4) is 0 Å². The van der Waals surface area contributed by atoms with Crippen LogP contribution in [0.2, 0.25) is 5.15 Å². The Kier molecular flexibility index (Phi) is 5.11. The number of amides is 1. The minimum Gasteiger partial charge on any atom is -0.475 e. The van der Waals surface area contributed by atoms with E-state index in [-0.39, 0.29) is 12.0 Å². The smallest absolute Gasteiger partial charge is 0.253 e. The molecule has 1 amide bonds. The molecule has 0 unspecified atom stereocenters. The Labute approximate surface area is 128 Å². The first-order chi connectivity index (χ1) is 10.1. The summed E-state index contributed by atoms with van der Waals surface area (Å²) in [5.41, 5.74) is 1.27. The van der Waals surface area contributed by atoms with Gasteiger partial charge in [-0.1, -0.05) is 17.7 Å². The molecule has 1 N–H and O–H groups in total. The van der Waals surface area contributed by atoms with Crippen LogP contribution in [-0.4, -0.2) is 22.0 Å². The number of pyridine rings is 2. The van der Waals surface area contributed by atoms with Crippen LogP contribution < -0.4 is 10.1 Å². The van der Waals surface area contributed by atoms with Crippen molar-refractivity contribution in [3.05, 3.63) is 52.9 Å². The number of carbonyl (C=O) groups excluding carboxylic acids is 1. The molecule has 2 aromatic heterocycles. The summed E-state index contributed by atoms with van der Waals surface area (Å²) in [5.74, 6) is 0.306. The van der Waals surface area contributed by atoms with Gasteiger partial charge >= 0.3 is 0 Å². The van der Waals surface area contributed by atoms with E-state index < -0.39 is 0 Å². The third kappa shape index (κ3) is 4.43. The maximum atomic E-state index is 12.0. The standard InChI is InChI=1S/C15H16ClN3O2/c1-10(2)21-15-12(4-3-7-17-15)9-19-14(20)11-5-6-13(16)18-8-11/h3-8,10H,9H2,1-2H3,(H,19,20). The zero-order chi connectivity index (χ0) is 15.2. The average Bonchev–Trinajstić information content (AvgIpc) is 2.46. The SMILES string of the molecule is CC(C)Oc1ncccc1CNC(=O)c1ccc(Cl)nc1. The Morgan fingerprint density at radius 3 is 2.81 bits per heavy atom. The van der Waals surface area contributed by atoms with Crippen molar-refractivity contribution in [2.75, 3.05) is 0 Å². The van der Waals surface area contributed by atoms with Gasteiger partial charge in [0, 0.05) is 24.5 Å². The summed E-state index contributed by atoms with van der Waals surface area (Å²) in [6.07, 6.45) is 3.12. The van der Waals surface area contributed by atoms with Crippen molar-refractivity contribution in [3.63, 3.8) is 0 Å². The van der Waals surface area contributed by atoms with Gasteiger partial charge in [0.1, 0.15) is 5.15 Å². The van der Waals surface area contributed by atoms with Crippen molar-refractivity contribution in [2.45, 2.75) is 26.5 Å². The second-order valence-corrected chi connectivity index (χ2v) is 5.07. The molecule has 110 valence electrons. The van der Waals surface area contributed by atoms with E-state index in [1.807, 2.05) is 19.9 Å². The highest BCUT2D eigenvalue weighted by Gasteiger charge is 2.10. The van der Waals surface area contributed by atoms with Gasteiger partial charge in [-0.2, -0.15) is 0 Å². The van der Waals surface area contributed by atoms with Crippen molar-refractivity contribution < 1.29 is 9.53 Å². The highest BCUT2D eigenvalue weighted by atomic mass is 35.5. The maximum absolute atomic E-state index is 12.0. The molecule has 0 aliphatic heterocycles. The lowest BCUT2D eigenvalue weighted by Gasteiger charge is -2.13. The van der Waals surface area contributed by atoms with Gasteiger partial charge in [0.25, 0.3) is 5.91 Å². The third-order valence-corrected chi connectivity index (χ3v) is 2.85. The van der Waals surface area contributed by atoms with Crippen LogP contribution in [0.1, 0.15) is 29.8 Å². The van der Waals surface area contributed by atoms with Crippen LogP contribution in [0.25, 0.3) is 0 Å². The highest BCUT2D eigenvalue weighted by molar-refractivity contribution is 6.29. The van der Waals surface area contributed by atoms with E-state index >= 15 is 0 Å². The lowest BCUT2D eigenvalue weighted by atomic mass is 10.2. The van der Waals surface area contributed by atoms with Crippen molar-refractivity contribution in [1.29, 1.82) is 0 Å². The highest BCUT2D eigenvalue weighted by Crippen LogP contribution is 2.15. The van der Waals surface area contributed by atoms with Crippen molar-refractivity contribution in [3.8, 4) is 5.88 Å². The number of aromatic nitrogens is 2. The fourth-order valence-corrected chi connectivity index (χ4v) is 1.79. The zero-order valence-corrected chi connectivity index (χ0v) is 12.6. The predicted octanol–water partition coefficient (Wildman–Crippen LogP) is 2.85. The largest absolute Gasteiger partial charge is 0.475 e. The molecule has 6 heteroatoms. The summed E-state index contributed by atoms with van der Waals surface area (Å²) in [7, 11) is 0. The van der Waals surface area contributed by atoms with Gasteiger partial charge in [-0.15, -0.1) is 0 Å². The first-order valence-electron chi connectivity index (χ1n) is 6.56. The molecule has 0 fully saturated rings. The zero-order valence-electron chi connectivity index (χ0n) is 11.8. The minimum absolute atomic E-state index is 0.0230. The third-order valence-electron chi connectivity index (χ3n) is 2.63. The van der Waals surface area contributed by atoms with Crippen LogP contribution in [0.15, 0.2) is 36.7 Å². The number of ether oxygens (including phenoxy) is 1. The van der Waals surface area contributed by atoms with Gasteiger partial charge in [0.05, 0.1) is 11.7 Å². The van der Waals surface area contributed by atoms with E-state index in [2.05, 4.69) is 15.3 Å². The van der Waals surface area contributed by atoms with Crippen molar-refractivity contribution in [1.82, 2.24) is 15.3 Å². The van der Waals surface area contributed by atoms with E-state index in [0.29, 0.717) is 23.1 Å². The Morgan fingerprint density at radius 2 is 2.14 bits per heavy atom. The molecule has 0 atom stereocenters. The summed E-state index contributed by atoms with van der Waals surface area (Å²) in [4.78, 5) is 20.1.